The normalized spacial score (nSPS) is 9.76. The summed E-state index contributed by atoms with van der Waals surface area (Å²) >= 11 is 0. The van der Waals surface area contributed by atoms with Crippen LogP contribution in [0.2, 0.25) is 0 Å². The molecule has 0 aliphatic carbocycles. The van der Waals surface area contributed by atoms with E-state index in [1.807, 2.05) is 54.6 Å². The number of hydrogen-bond donors (Lipinski definition) is 1. The van der Waals surface area contributed by atoms with Gasteiger partial charge < -0.3 is 9.52 Å². The lowest BCUT2D eigenvalue weighted by Crippen LogP contribution is -1.74. The van der Waals surface area contributed by atoms with Crippen LogP contribution in [0.4, 0.5) is 0 Å². The first-order valence-corrected chi connectivity index (χ1v) is 5.29. The number of para-hydroxylation sites is 2. The lowest BCUT2D eigenvalue weighted by atomic mass is 10.2. The molecule has 1 heterocycles. The second-order valence-corrected chi connectivity index (χ2v) is 3.35. The van der Waals surface area contributed by atoms with E-state index >= 15 is 0 Å². The van der Waals surface area contributed by atoms with E-state index in [1.54, 1.807) is 0 Å². The van der Waals surface area contributed by atoms with Crippen molar-refractivity contribution in [2.75, 3.05) is 7.11 Å². The lowest BCUT2D eigenvalue weighted by molar-refractivity contribution is 0.399. The van der Waals surface area contributed by atoms with Gasteiger partial charge in [0.15, 0.2) is 5.58 Å². The third kappa shape index (κ3) is 2.34. The van der Waals surface area contributed by atoms with Crippen LogP contribution in [0.25, 0.3) is 22.6 Å². The van der Waals surface area contributed by atoms with Crippen LogP contribution in [0.3, 0.4) is 0 Å². The topological polar surface area (TPSA) is 46.3 Å². The first kappa shape index (κ1) is 11.4. The second-order valence-electron chi connectivity index (χ2n) is 3.35. The van der Waals surface area contributed by atoms with Gasteiger partial charge in [-0.15, -0.1) is 0 Å². The molecule has 0 atom stereocenters. The first-order chi connectivity index (χ1) is 8.43. The van der Waals surface area contributed by atoms with Crippen LogP contribution in [0, 0.1) is 0 Å². The number of nitrogens with zero attached hydrogens (tertiary/aromatic N) is 1. The summed E-state index contributed by atoms with van der Waals surface area (Å²) in [4.78, 5) is 4.42. The Kier molecular flexibility index (Phi) is 3.52. The number of benzene rings is 2. The fourth-order valence-electron chi connectivity index (χ4n) is 1.58. The maximum atomic E-state index is 7.00. The summed E-state index contributed by atoms with van der Waals surface area (Å²) in [6.07, 6.45) is 0. The molecule has 3 aromatic rings. The summed E-state index contributed by atoms with van der Waals surface area (Å²) in [6, 6.07) is 17.7. The Hall–Kier alpha value is -2.13. The van der Waals surface area contributed by atoms with Crippen LogP contribution < -0.4 is 0 Å². The number of rotatable bonds is 1. The van der Waals surface area contributed by atoms with Crippen LogP contribution in [-0.2, 0) is 0 Å². The molecule has 1 N–H and O–H groups in total. The number of aliphatic hydroxyl groups is 1. The highest BCUT2D eigenvalue weighted by Gasteiger charge is 2.05. The molecule has 0 bridgehead atoms. The van der Waals surface area contributed by atoms with Crippen LogP contribution >= 0.6 is 0 Å². The molecule has 0 aliphatic heterocycles. The van der Waals surface area contributed by atoms with Crippen molar-refractivity contribution in [2.45, 2.75) is 0 Å². The summed E-state index contributed by atoms with van der Waals surface area (Å²) in [5.74, 6) is 0.678. The molecule has 0 saturated heterocycles. The van der Waals surface area contributed by atoms with Crippen molar-refractivity contribution in [1.29, 1.82) is 0 Å². The molecular weight excluding hydrogens is 214 g/mol. The predicted molar refractivity (Wildman–Crippen MR) is 67.6 cm³/mol. The monoisotopic (exact) mass is 227 g/mol. The molecule has 0 radical (unpaired) electrons. The van der Waals surface area contributed by atoms with E-state index in [0.29, 0.717) is 5.89 Å². The number of hydrogen-bond acceptors (Lipinski definition) is 3. The van der Waals surface area contributed by atoms with Gasteiger partial charge in [0, 0.05) is 12.7 Å². The first-order valence-electron chi connectivity index (χ1n) is 5.29. The van der Waals surface area contributed by atoms with Crippen LogP contribution in [0.1, 0.15) is 0 Å². The number of oxazole rings is 1. The Morgan fingerprint density at radius 1 is 0.882 bits per heavy atom. The van der Waals surface area contributed by atoms with Crippen molar-refractivity contribution >= 4 is 11.1 Å². The molecule has 0 saturated carbocycles. The van der Waals surface area contributed by atoms with E-state index in [1.165, 1.54) is 0 Å². The Morgan fingerprint density at radius 2 is 1.53 bits per heavy atom. The Morgan fingerprint density at radius 3 is 2.24 bits per heavy atom. The number of fused-ring (bicyclic) bond motifs is 1. The minimum Gasteiger partial charge on any atom is -0.436 e. The molecular formula is C14H13NO2. The molecule has 0 aliphatic rings. The number of aromatic nitrogens is 1. The molecule has 0 spiro atoms. The zero-order chi connectivity index (χ0) is 12.1. The standard InChI is InChI=1S/C13H9NO.CH4O/c1-2-6-10(7-3-1)13-14-11-8-4-5-9-12(11)15-13;1-2/h1-9H;2H,1H3. The fraction of sp³-hybridized carbons (Fsp3) is 0.0714. The minimum atomic E-state index is 0.678. The molecule has 0 amide bonds. The Bertz CT molecular complexity index is 554. The molecule has 3 heteroatoms. The van der Waals surface area contributed by atoms with E-state index in [2.05, 4.69) is 4.98 Å². The van der Waals surface area contributed by atoms with Crippen molar-refractivity contribution in [3.05, 3.63) is 54.6 Å². The molecule has 3 nitrogen and oxygen atoms in total. The Balaban J connectivity index is 0.000000514. The highest BCUT2D eigenvalue weighted by molar-refractivity contribution is 5.75. The van der Waals surface area contributed by atoms with Crippen molar-refractivity contribution in [3.63, 3.8) is 0 Å². The maximum absolute atomic E-state index is 7.00. The summed E-state index contributed by atoms with van der Waals surface area (Å²) in [5.41, 5.74) is 2.74. The van der Waals surface area contributed by atoms with E-state index in [-0.39, 0.29) is 0 Å². The molecule has 17 heavy (non-hydrogen) atoms. The molecule has 86 valence electrons. The van der Waals surface area contributed by atoms with Crippen molar-refractivity contribution in [2.24, 2.45) is 0 Å². The summed E-state index contributed by atoms with van der Waals surface area (Å²) < 4.78 is 5.64. The van der Waals surface area contributed by atoms with Gasteiger partial charge in [0.05, 0.1) is 0 Å². The highest BCUT2D eigenvalue weighted by Crippen LogP contribution is 2.23. The SMILES string of the molecule is CO.c1ccc(-c2nc3ccccc3o2)cc1. The second kappa shape index (κ2) is 5.27. The highest BCUT2D eigenvalue weighted by atomic mass is 16.3. The van der Waals surface area contributed by atoms with Gasteiger partial charge in [0.1, 0.15) is 5.52 Å². The summed E-state index contributed by atoms with van der Waals surface area (Å²) in [6.45, 7) is 0. The third-order valence-corrected chi connectivity index (χ3v) is 2.31. The van der Waals surface area contributed by atoms with E-state index in [0.717, 1.165) is 23.8 Å². The average molecular weight is 227 g/mol. The quantitative estimate of drug-likeness (QED) is 0.694. The molecule has 0 fully saturated rings. The third-order valence-electron chi connectivity index (χ3n) is 2.31. The van der Waals surface area contributed by atoms with Crippen molar-refractivity contribution in [3.8, 4) is 11.5 Å². The van der Waals surface area contributed by atoms with Crippen molar-refractivity contribution < 1.29 is 9.52 Å². The van der Waals surface area contributed by atoms with Gasteiger partial charge in [-0.3, -0.25) is 0 Å². The van der Waals surface area contributed by atoms with Gasteiger partial charge in [0.2, 0.25) is 5.89 Å². The molecule has 3 rings (SSSR count). The summed E-state index contributed by atoms with van der Waals surface area (Å²) in [5, 5.41) is 7.00. The average Bonchev–Trinajstić information content (AvgIpc) is 2.86. The smallest absolute Gasteiger partial charge is 0.227 e. The van der Waals surface area contributed by atoms with Crippen LogP contribution in [0.5, 0.6) is 0 Å². The van der Waals surface area contributed by atoms with Gasteiger partial charge in [0.25, 0.3) is 0 Å². The molecule has 1 aromatic heterocycles. The van der Waals surface area contributed by atoms with Crippen LogP contribution in [-0.4, -0.2) is 17.2 Å². The minimum absolute atomic E-state index is 0.678. The van der Waals surface area contributed by atoms with Gasteiger partial charge in [-0.2, -0.15) is 0 Å². The Labute approximate surface area is 99.3 Å². The zero-order valence-electron chi connectivity index (χ0n) is 9.50. The van der Waals surface area contributed by atoms with Gasteiger partial charge in [-0.25, -0.2) is 4.98 Å². The number of aliphatic hydroxyl groups excluding tert-OH is 1. The van der Waals surface area contributed by atoms with Gasteiger partial charge in [-0.1, -0.05) is 30.3 Å². The molecule has 2 aromatic carbocycles. The predicted octanol–water partition coefficient (Wildman–Crippen LogP) is 3.10. The van der Waals surface area contributed by atoms with Crippen molar-refractivity contribution in [1.82, 2.24) is 4.98 Å². The fourth-order valence-corrected chi connectivity index (χ4v) is 1.58. The van der Waals surface area contributed by atoms with Gasteiger partial charge in [-0.05, 0) is 24.3 Å². The zero-order valence-corrected chi connectivity index (χ0v) is 9.50. The van der Waals surface area contributed by atoms with Crippen LogP contribution in [0.15, 0.2) is 59.0 Å². The van der Waals surface area contributed by atoms with E-state index < -0.39 is 0 Å². The molecule has 0 unspecified atom stereocenters. The maximum Gasteiger partial charge on any atom is 0.227 e. The lowest BCUT2D eigenvalue weighted by Gasteiger charge is -1.91. The van der Waals surface area contributed by atoms with Gasteiger partial charge >= 0.3 is 0 Å². The largest absolute Gasteiger partial charge is 0.436 e. The summed E-state index contributed by atoms with van der Waals surface area (Å²) in [7, 11) is 1.00. The van der Waals surface area contributed by atoms with E-state index in [9.17, 15) is 0 Å². The van der Waals surface area contributed by atoms with E-state index in [4.69, 9.17) is 9.52 Å².